The van der Waals surface area contributed by atoms with E-state index in [0.29, 0.717) is 38.0 Å². The van der Waals surface area contributed by atoms with Gasteiger partial charge in [-0.1, -0.05) is 0 Å². The van der Waals surface area contributed by atoms with Crippen LogP contribution in [-0.2, 0) is 9.47 Å². The van der Waals surface area contributed by atoms with Crippen LogP contribution in [0.2, 0.25) is 0 Å². The predicted molar refractivity (Wildman–Crippen MR) is 116 cm³/mol. The van der Waals surface area contributed by atoms with E-state index >= 15 is 0 Å². The van der Waals surface area contributed by atoms with Gasteiger partial charge in [0.25, 0.3) is 0 Å². The number of anilines is 2. The fraction of sp³-hybridized carbons (Fsp3) is 0.455. The van der Waals surface area contributed by atoms with Crippen LogP contribution in [0.5, 0.6) is 0 Å². The highest BCUT2D eigenvalue weighted by Crippen LogP contribution is 2.31. The highest BCUT2D eigenvalue weighted by atomic mass is 16.5. The van der Waals surface area contributed by atoms with Gasteiger partial charge < -0.3 is 19.3 Å². The van der Waals surface area contributed by atoms with Crippen molar-refractivity contribution in [3.8, 4) is 11.3 Å². The third kappa shape index (κ3) is 3.57. The number of pyridine rings is 2. The predicted octanol–water partition coefficient (Wildman–Crippen LogP) is 2.54. The van der Waals surface area contributed by atoms with E-state index in [1.165, 1.54) is 0 Å². The summed E-state index contributed by atoms with van der Waals surface area (Å²) in [6, 6.07) is 8.49. The third-order valence-corrected chi connectivity index (χ3v) is 5.75. The van der Waals surface area contributed by atoms with E-state index < -0.39 is 0 Å². The monoisotopic (exact) mass is 406 g/mol. The Kier molecular flexibility index (Phi) is 5.18. The van der Waals surface area contributed by atoms with Gasteiger partial charge in [-0.05, 0) is 38.1 Å². The number of hydrogen-bond donors (Lipinski definition) is 0. The molecule has 3 aromatic rings. The van der Waals surface area contributed by atoms with Gasteiger partial charge in [-0.25, -0.2) is 4.98 Å². The van der Waals surface area contributed by atoms with E-state index in [0.717, 1.165) is 35.6 Å². The SMILES string of the molecule is C[C@H]1COCCN1c1nc(N2CCOC[C@@H]2C)c2ccc(-c3cccnc3)nc2n1. The van der Waals surface area contributed by atoms with E-state index in [1.807, 2.05) is 24.4 Å². The molecule has 0 N–H and O–H groups in total. The van der Waals surface area contributed by atoms with E-state index in [2.05, 4.69) is 34.7 Å². The van der Waals surface area contributed by atoms with Crippen molar-refractivity contribution in [1.29, 1.82) is 0 Å². The largest absolute Gasteiger partial charge is 0.377 e. The number of nitrogens with zero attached hydrogens (tertiary/aromatic N) is 6. The summed E-state index contributed by atoms with van der Waals surface area (Å²) in [5.74, 6) is 1.64. The number of aromatic nitrogens is 4. The summed E-state index contributed by atoms with van der Waals surface area (Å²) in [4.78, 5) is 23.6. The van der Waals surface area contributed by atoms with Gasteiger partial charge in [0.2, 0.25) is 5.95 Å². The van der Waals surface area contributed by atoms with Crippen LogP contribution >= 0.6 is 0 Å². The highest BCUT2D eigenvalue weighted by molar-refractivity contribution is 5.90. The van der Waals surface area contributed by atoms with Gasteiger partial charge in [0, 0.05) is 31.0 Å². The molecule has 2 aliphatic heterocycles. The van der Waals surface area contributed by atoms with Crippen molar-refractivity contribution >= 4 is 22.8 Å². The Balaban J connectivity index is 1.66. The van der Waals surface area contributed by atoms with E-state index in [4.69, 9.17) is 24.4 Å². The van der Waals surface area contributed by atoms with Crippen LogP contribution < -0.4 is 9.80 Å². The molecule has 2 aliphatic rings. The van der Waals surface area contributed by atoms with Crippen molar-refractivity contribution in [1.82, 2.24) is 19.9 Å². The van der Waals surface area contributed by atoms with Crippen LogP contribution in [0.3, 0.4) is 0 Å². The van der Waals surface area contributed by atoms with Crippen molar-refractivity contribution in [3.63, 3.8) is 0 Å². The second-order valence-corrected chi connectivity index (χ2v) is 7.89. The van der Waals surface area contributed by atoms with Crippen LogP contribution in [0.25, 0.3) is 22.3 Å². The minimum atomic E-state index is 0.215. The average Bonchev–Trinajstić information content (AvgIpc) is 2.79. The molecule has 5 heterocycles. The van der Waals surface area contributed by atoms with Gasteiger partial charge >= 0.3 is 0 Å². The maximum absolute atomic E-state index is 5.65. The van der Waals surface area contributed by atoms with Crippen LogP contribution in [-0.4, -0.2) is 71.5 Å². The first-order valence-electron chi connectivity index (χ1n) is 10.5. The second-order valence-electron chi connectivity index (χ2n) is 7.89. The summed E-state index contributed by atoms with van der Waals surface area (Å²) in [6.45, 7) is 8.62. The lowest BCUT2D eigenvalue weighted by Crippen LogP contribution is -2.46. The zero-order valence-electron chi connectivity index (χ0n) is 17.4. The van der Waals surface area contributed by atoms with Crippen LogP contribution in [0, 0.1) is 0 Å². The number of hydrogen-bond acceptors (Lipinski definition) is 8. The number of morpholine rings is 2. The summed E-state index contributed by atoms with van der Waals surface area (Å²) in [6.07, 6.45) is 3.59. The summed E-state index contributed by atoms with van der Waals surface area (Å²) in [5, 5.41) is 0.959. The van der Waals surface area contributed by atoms with Gasteiger partial charge in [-0.15, -0.1) is 0 Å². The molecule has 8 heteroatoms. The Morgan fingerprint density at radius 1 is 0.900 bits per heavy atom. The molecule has 30 heavy (non-hydrogen) atoms. The molecule has 2 saturated heterocycles. The molecule has 0 spiro atoms. The lowest BCUT2D eigenvalue weighted by atomic mass is 10.1. The lowest BCUT2D eigenvalue weighted by molar-refractivity contribution is 0.0973. The summed E-state index contributed by atoms with van der Waals surface area (Å²) in [7, 11) is 0. The van der Waals surface area contributed by atoms with E-state index in [-0.39, 0.29) is 12.1 Å². The second kappa shape index (κ2) is 8.12. The molecule has 8 nitrogen and oxygen atoms in total. The van der Waals surface area contributed by atoms with E-state index in [9.17, 15) is 0 Å². The minimum absolute atomic E-state index is 0.215. The van der Waals surface area contributed by atoms with Crippen LogP contribution in [0.15, 0.2) is 36.7 Å². The molecule has 5 rings (SSSR count). The van der Waals surface area contributed by atoms with Crippen molar-refractivity contribution in [2.45, 2.75) is 25.9 Å². The highest BCUT2D eigenvalue weighted by Gasteiger charge is 2.27. The Hall–Kier alpha value is -2.84. The molecule has 2 atom stereocenters. The molecule has 2 fully saturated rings. The van der Waals surface area contributed by atoms with Crippen molar-refractivity contribution < 1.29 is 9.47 Å². The smallest absolute Gasteiger partial charge is 0.229 e. The Morgan fingerprint density at radius 2 is 1.67 bits per heavy atom. The number of ether oxygens (including phenoxy) is 2. The Morgan fingerprint density at radius 3 is 2.37 bits per heavy atom. The third-order valence-electron chi connectivity index (χ3n) is 5.75. The van der Waals surface area contributed by atoms with Gasteiger partial charge in [-0.3, -0.25) is 4.98 Å². The lowest BCUT2D eigenvalue weighted by Gasteiger charge is -2.37. The fourth-order valence-corrected chi connectivity index (χ4v) is 4.07. The molecule has 156 valence electrons. The van der Waals surface area contributed by atoms with Gasteiger partial charge in [0.1, 0.15) is 5.82 Å². The summed E-state index contributed by atoms with van der Waals surface area (Å²) < 4.78 is 11.3. The zero-order valence-corrected chi connectivity index (χ0v) is 17.4. The number of fused-ring (bicyclic) bond motifs is 1. The molecule has 0 aromatic carbocycles. The van der Waals surface area contributed by atoms with Gasteiger partial charge in [-0.2, -0.15) is 9.97 Å². The summed E-state index contributed by atoms with van der Waals surface area (Å²) in [5.41, 5.74) is 2.53. The number of rotatable bonds is 3. The standard InChI is InChI=1S/C22H26N6O2/c1-15-13-29-10-8-27(15)21-18-5-6-19(17-4-3-7-23-12-17)24-20(18)25-22(26-21)28-9-11-30-14-16(28)2/h3-7,12,15-16H,8-11,13-14H2,1-2H3/t15-,16-/m0/s1. The Labute approximate surface area is 175 Å². The van der Waals surface area contributed by atoms with Crippen molar-refractivity contribution in [2.24, 2.45) is 0 Å². The Bertz CT molecular complexity index is 1030. The van der Waals surface area contributed by atoms with Crippen molar-refractivity contribution in [3.05, 3.63) is 36.7 Å². The molecule has 0 amide bonds. The first kappa shape index (κ1) is 19.1. The normalized spacial score (nSPS) is 22.5. The first-order valence-corrected chi connectivity index (χ1v) is 10.5. The maximum atomic E-state index is 5.65. The average molecular weight is 406 g/mol. The molecule has 3 aromatic heterocycles. The zero-order chi connectivity index (χ0) is 20.5. The van der Waals surface area contributed by atoms with Crippen LogP contribution in [0.4, 0.5) is 11.8 Å². The molecular formula is C22H26N6O2. The molecule has 0 saturated carbocycles. The fourth-order valence-electron chi connectivity index (χ4n) is 4.07. The molecule has 0 radical (unpaired) electrons. The first-order chi connectivity index (χ1) is 14.7. The molecular weight excluding hydrogens is 380 g/mol. The van der Waals surface area contributed by atoms with E-state index in [1.54, 1.807) is 6.20 Å². The van der Waals surface area contributed by atoms with Crippen molar-refractivity contribution in [2.75, 3.05) is 49.3 Å². The summed E-state index contributed by atoms with van der Waals surface area (Å²) >= 11 is 0. The maximum Gasteiger partial charge on any atom is 0.229 e. The molecule has 0 aliphatic carbocycles. The molecule has 0 bridgehead atoms. The quantitative estimate of drug-likeness (QED) is 0.657. The van der Waals surface area contributed by atoms with Gasteiger partial charge in [0.15, 0.2) is 5.65 Å². The van der Waals surface area contributed by atoms with Crippen LogP contribution in [0.1, 0.15) is 13.8 Å². The minimum Gasteiger partial charge on any atom is -0.377 e. The molecule has 0 unspecified atom stereocenters. The van der Waals surface area contributed by atoms with Gasteiger partial charge in [0.05, 0.1) is 49.6 Å². The topological polar surface area (TPSA) is 76.5 Å².